The summed E-state index contributed by atoms with van der Waals surface area (Å²) in [5, 5.41) is 3.42. The standard InChI is InChI=1S/C16H28N2O/c1-11-8-15(19-6)12(2)7-13(11)14(18-5)9-16(3,4)10-17/h7-8,14,18H,9-10,17H2,1-6H3. The summed E-state index contributed by atoms with van der Waals surface area (Å²) in [7, 11) is 3.73. The zero-order valence-electron chi connectivity index (χ0n) is 13.1. The van der Waals surface area contributed by atoms with Crippen molar-refractivity contribution < 1.29 is 4.74 Å². The smallest absolute Gasteiger partial charge is 0.122 e. The number of rotatable bonds is 6. The highest BCUT2D eigenvalue weighted by Crippen LogP contribution is 2.33. The topological polar surface area (TPSA) is 47.3 Å². The second kappa shape index (κ2) is 6.40. The molecule has 0 fully saturated rings. The Morgan fingerprint density at radius 2 is 1.89 bits per heavy atom. The lowest BCUT2D eigenvalue weighted by molar-refractivity contribution is 0.298. The Morgan fingerprint density at radius 3 is 2.37 bits per heavy atom. The SMILES string of the molecule is CNC(CC(C)(C)CN)c1cc(C)c(OC)cc1C. The maximum Gasteiger partial charge on any atom is 0.122 e. The summed E-state index contributed by atoms with van der Waals surface area (Å²) in [6.07, 6.45) is 1.02. The van der Waals surface area contributed by atoms with E-state index in [0.29, 0.717) is 12.6 Å². The average molecular weight is 264 g/mol. The molecule has 0 amide bonds. The number of nitrogens with two attached hydrogens (primary N) is 1. The molecule has 3 nitrogen and oxygen atoms in total. The van der Waals surface area contributed by atoms with Gasteiger partial charge in [0.1, 0.15) is 5.75 Å². The first-order valence-electron chi connectivity index (χ1n) is 6.87. The molecule has 0 radical (unpaired) electrons. The maximum absolute atomic E-state index is 5.85. The molecule has 3 heteroatoms. The Morgan fingerprint density at radius 1 is 1.26 bits per heavy atom. The third-order valence-electron chi connectivity index (χ3n) is 3.82. The fourth-order valence-electron chi connectivity index (χ4n) is 2.41. The van der Waals surface area contributed by atoms with E-state index in [1.54, 1.807) is 7.11 Å². The summed E-state index contributed by atoms with van der Waals surface area (Å²) in [4.78, 5) is 0. The van der Waals surface area contributed by atoms with E-state index in [0.717, 1.165) is 12.2 Å². The van der Waals surface area contributed by atoms with E-state index >= 15 is 0 Å². The van der Waals surface area contributed by atoms with Crippen LogP contribution in [0.5, 0.6) is 5.75 Å². The van der Waals surface area contributed by atoms with Gasteiger partial charge in [-0.3, -0.25) is 0 Å². The number of aryl methyl sites for hydroxylation is 2. The largest absolute Gasteiger partial charge is 0.496 e. The predicted octanol–water partition coefficient (Wildman–Crippen LogP) is 2.95. The molecule has 0 spiro atoms. The molecule has 1 atom stereocenters. The van der Waals surface area contributed by atoms with Gasteiger partial charge in [-0.05, 0) is 62.0 Å². The minimum atomic E-state index is 0.133. The van der Waals surface area contributed by atoms with E-state index in [1.807, 2.05) is 7.05 Å². The number of hydrogen-bond donors (Lipinski definition) is 2. The lowest BCUT2D eigenvalue weighted by Gasteiger charge is -2.29. The van der Waals surface area contributed by atoms with Crippen LogP contribution in [0.1, 0.15) is 43.0 Å². The van der Waals surface area contributed by atoms with E-state index in [1.165, 1.54) is 16.7 Å². The number of methoxy groups -OCH3 is 1. The van der Waals surface area contributed by atoms with Crippen LogP contribution in [0.25, 0.3) is 0 Å². The van der Waals surface area contributed by atoms with Gasteiger partial charge in [0.15, 0.2) is 0 Å². The van der Waals surface area contributed by atoms with Gasteiger partial charge >= 0.3 is 0 Å². The van der Waals surface area contributed by atoms with Crippen LogP contribution in [-0.4, -0.2) is 20.7 Å². The van der Waals surface area contributed by atoms with Crippen molar-refractivity contribution in [1.29, 1.82) is 0 Å². The Bertz CT molecular complexity index is 427. The third-order valence-corrected chi connectivity index (χ3v) is 3.82. The third kappa shape index (κ3) is 3.95. The van der Waals surface area contributed by atoms with E-state index < -0.39 is 0 Å². The molecule has 1 aromatic carbocycles. The van der Waals surface area contributed by atoms with Crippen molar-refractivity contribution in [2.75, 3.05) is 20.7 Å². The van der Waals surface area contributed by atoms with Crippen molar-refractivity contribution in [3.8, 4) is 5.75 Å². The van der Waals surface area contributed by atoms with Gasteiger partial charge in [-0.15, -0.1) is 0 Å². The quantitative estimate of drug-likeness (QED) is 0.830. The molecule has 3 N–H and O–H groups in total. The molecule has 0 aliphatic carbocycles. The first kappa shape index (κ1) is 16.0. The van der Waals surface area contributed by atoms with Crippen LogP contribution < -0.4 is 15.8 Å². The number of hydrogen-bond acceptors (Lipinski definition) is 3. The zero-order valence-corrected chi connectivity index (χ0v) is 13.1. The molecule has 1 rings (SSSR count). The minimum absolute atomic E-state index is 0.133. The number of nitrogens with one attached hydrogen (secondary N) is 1. The maximum atomic E-state index is 5.85. The van der Waals surface area contributed by atoms with Crippen LogP contribution in [-0.2, 0) is 0 Å². The highest BCUT2D eigenvalue weighted by atomic mass is 16.5. The second-order valence-corrected chi connectivity index (χ2v) is 6.09. The predicted molar refractivity (Wildman–Crippen MR) is 81.7 cm³/mol. The first-order valence-corrected chi connectivity index (χ1v) is 6.87. The highest BCUT2D eigenvalue weighted by molar-refractivity contribution is 5.43. The average Bonchev–Trinajstić information content (AvgIpc) is 2.38. The summed E-state index contributed by atoms with van der Waals surface area (Å²) in [6, 6.07) is 4.66. The second-order valence-electron chi connectivity index (χ2n) is 6.09. The highest BCUT2D eigenvalue weighted by Gasteiger charge is 2.23. The van der Waals surface area contributed by atoms with Crippen LogP contribution in [0.4, 0.5) is 0 Å². The van der Waals surface area contributed by atoms with Crippen LogP contribution >= 0.6 is 0 Å². The minimum Gasteiger partial charge on any atom is -0.496 e. The summed E-state index contributed by atoms with van der Waals surface area (Å²) in [5.41, 5.74) is 9.76. The zero-order chi connectivity index (χ0) is 14.6. The van der Waals surface area contributed by atoms with Gasteiger partial charge < -0.3 is 15.8 Å². The van der Waals surface area contributed by atoms with Gasteiger partial charge in [0.2, 0.25) is 0 Å². The van der Waals surface area contributed by atoms with Gasteiger partial charge in [0.05, 0.1) is 7.11 Å². The first-order chi connectivity index (χ1) is 8.84. The number of benzene rings is 1. The lowest BCUT2D eigenvalue weighted by Crippen LogP contribution is -2.30. The van der Waals surface area contributed by atoms with Gasteiger partial charge in [-0.1, -0.05) is 19.9 Å². The molecular weight excluding hydrogens is 236 g/mol. The Hall–Kier alpha value is -1.06. The van der Waals surface area contributed by atoms with Crippen molar-refractivity contribution in [1.82, 2.24) is 5.32 Å². The lowest BCUT2D eigenvalue weighted by atomic mass is 9.82. The van der Waals surface area contributed by atoms with E-state index in [2.05, 4.69) is 45.1 Å². The molecule has 0 aromatic heterocycles. The van der Waals surface area contributed by atoms with Crippen molar-refractivity contribution in [2.45, 2.75) is 40.2 Å². The molecule has 19 heavy (non-hydrogen) atoms. The fourth-order valence-corrected chi connectivity index (χ4v) is 2.41. The van der Waals surface area contributed by atoms with Gasteiger partial charge in [-0.25, -0.2) is 0 Å². The van der Waals surface area contributed by atoms with Crippen LogP contribution in [0.3, 0.4) is 0 Å². The molecule has 108 valence electrons. The van der Waals surface area contributed by atoms with Crippen LogP contribution in [0.2, 0.25) is 0 Å². The molecule has 1 unspecified atom stereocenters. The van der Waals surface area contributed by atoms with Gasteiger partial charge in [-0.2, -0.15) is 0 Å². The Labute approximate surface area is 117 Å². The van der Waals surface area contributed by atoms with Crippen LogP contribution in [0, 0.1) is 19.3 Å². The molecule has 0 aliphatic rings. The van der Waals surface area contributed by atoms with Crippen molar-refractivity contribution in [2.24, 2.45) is 11.1 Å². The molecule has 0 saturated heterocycles. The molecule has 0 saturated carbocycles. The molecule has 0 bridgehead atoms. The molecular formula is C16H28N2O. The molecule has 1 aromatic rings. The molecule has 0 heterocycles. The van der Waals surface area contributed by atoms with Gasteiger partial charge in [0.25, 0.3) is 0 Å². The Balaban J connectivity index is 3.09. The summed E-state index contributed by atoms with van der Waals surface area (Å²) < 4.78 is 5.38. The summed E-state index contributed by atoms with van der Waals surface area (Å²) in [6.45, 7) is 9.34. The van der Waals surface area contributed by atoms with Crippen molar-refractivity contribution in [3.05, 3.63) is 28.8 Å². The van der Waals surface area contributed by atoms with Crippen molar-refractivity contribution >= 4 is 0 Å². The van der Waals surface area contributed by atoms with Gasteiger partial charge in [0, 0.05) is 6.04 Å². The number of ether oxygens (including phenoxy) is 1. The van der Waals surface area contributed by atoms with E-state index in [4.69, 9.17) is 10.5 Å². The molecule has 0 aliphatic heterocycles. The van der Waals surface area contributed by atoms with E-state index in [9.17, 15) is 0 Å². The fraction of sp³-hybridized carbons (Fsp3) is 0.625. The van der Waals surface area contributed by atoms with Crippen LogP contribution in [0.15, 0.2) is 12.1 Å². The Kier molecular flexibility index (Phi) is 5.39. The summed E-state index contributed by atoms with van der Waals surface area (Å²) in [5.74, 6) is 0.953. The normalized spacial score (nSPS) is 13.4. The van der Waals surface area contributed by atoms with Crippen molar-refractivity contribution in [3.63, 3.8) is 0 Å². The summed E-state index contributed by atoms with van der Waals surface area (Å²) >= 11 is 0. The monoisotopic (exact) mass is 264 g/mol. The van der Waals surface area contributed by atoms with E-state index in [-0.39, 0.29) is 5.41 Å².